The first kappa shape index (κ1) is 11.4. The van der Waals surface area contributed by atoms with Crippen LogP contribution in [0.2, 0.25) is 0 Å². The minimum absolute atomic E-state index is 0.687. The molecule has 2 aliphatic rings. The summed E-state index contributed by atoms with van der Waals surface area (Å²) in [6.45, 7) is 4.60. The molecule has 0 aromatic heterocycles. The number of likely N-dealkylation sites (tertiary alicyclic amines) is 1. The Morgan fingerprint density at radius 2 is 2.00 bits per heavy atom. The molecule has 1 atom stereocenters. The summed E-state index contributed by atoms with van der Waals surface area (Å²) in [6.07, 6.45) is 6.73. The van der Waals surface area contributed by atoms with Crippen LogP contribution in [0.5, 0.6) is 0 Å². The molecule has 0 aromatic carbocycles. The maximum Gasteiger partial charge on any atom is 0.0618 e. The summed E-state index contributed by atoms with van der Waals surface area (Å²) in [6, 6.07) is 1.50. The van der Waals surface area contributed by atoms with Gasteiger partial charge >= 0.3 is 0 Å². The molecule has 2 saturated heterocycles. The Bertz CT molecular complexity index is 168. The molecule has 0 amide bonds. The van der Waals surface area contributed by atoms with Crippen molar-refractivity contribution in [1.82, 2.24) is 10.2 Å². The fourth-order valence-corrected chi connectivity index (χ4v) is 3.01. The van der Waals surface area contributed by atoms with E-state index in [0.717, 1.165) is 12.6 Å². The minimum atomic E-state index is 0.687. The van der Waals surface area contributed by atoms with Gasteiger partial charge in [0.2, 0.25) is 0 Å². The molecule has 2 rings (SSSR count). The van der Waals surface area contributed by atoms with Crippen LogP contribution >= 0.6 is 0 Å². The zero-order chi connectivity index (χ0) is 10.5. The quantitative estimate of drug-likeness (QED) is 0.762. The van der Waals surface area contributed by atoms with Crippen LogP contribution in [0.3, 0.4) is 0 Å². The number of hydrogen-bond acceptors (Lipinski definition) is 3. The largest absolute Gasteiger partial charge is 0.383 e. The Labute approximate surface area is 93.2 Å². The second-order valence-electron chi connectivity index (χ2n) is 4.82. The van der Waals surface area contributed by atoms with Crippen LogP contribution in [0.15, 0.2) is 0 Å². The molecule has 1 N–H and O–H groups in total. The highest BCUT2D eigenvalue weighted by molar-refractivity contribution is 4.85. The highest BCUT2D eigenvalue weighted by atomic mass is 16.5. The average Bonchev–Trinajstić information content (AvgIpc) is 2.31. The smallest absolute Gasteiger partial charge is 0.0618 e. The van der Waals surface area contributed by atoms with E-state index in [9.17, 15) is 0 Å². The molecule has 2 fully saturated rings. The minimum Gasteiger partial charge on any atom is -0.383 e. The molecular formula is C12H24N2O. The van der Waals surface area contributed by atoms with Gasteiger partial charge in [-0.2, -0.15) is 0 Å². The van der Waals surface area contributed by atoms with Gasteiger partial charge in [-0.25, -0.2) is 0 Å². The van der Waals surface area contributed by atoms with Gasteiger partial charge in [-0.3, -0.25) is 4.90 Å². The molecule has 0 aliphatic carbocycles. The van der Waals surface area contributed by atoms with Crippen LogP contribution < -0.4 is 5.32 Å². The molecule has 3 nitrogen and oxygen atoms in total. The predicted molar refractivity (Wildman–Crippen MR) is 62.1 cm³/mol. The van der Waals surface area contributed by atoms with Gasteiger partial charge in [0.15, 0.2) is 0 Å². The summed E-state index contributed by atoms with van der Waals surface area (Å²) < 4.78 is 5.35. The van der Waals surface area contributed by atoms with Crippen molar-refractivity contribution in [1.29, 1.82) is 0 Å². The topological polar surface area (TPSA) is 24.5 Å². The summed E-state index contributed by atoms with van der Waals surface area (Å²) in [5.41, 5.74) is 0. The highest BCUT2D eigenvalue weighted by Gasteiger charge is 2.29. The fourth-order valence-electron chi connectivity index (χ4n) is 3.01. The van der Waals surface area contributed by atoms with Gasteiger partial charge < -0.3 is 10.1 Å². The highest BCUT2D eigenvalue weighted by Crippen LogP contribution is 2.23. The van der Waals surface area contributed by atoms with Crippen molar-refractivity contribution < 1.29 is 4.74 Å². The first-order valence-corrected chi connectivity index (χ1v) is 6.37. The molecule has 88 valence electrons. The van der Waals surface area contributed by atoms with Crippen molar-refractivity contribution in [3.05, 3.63) is 0 Å². The normalized spacial score (nSPS) is 30.6. The van der Waals surface area contributed by atoms with Crippen LogP contribution in [0.4, 0.5) is 0 Å². The number of ether oxygens (including phenoxy) is 1. The second-order valence-corrected chi connectivity index (χ2v) is 4.82. The SMILES string of the molecule is COC[C@H]1CCCCN1C1CCNCC1. The van der Waals surface area contributed by atoms with Gasteiger partial charge in [0.05, 0.1) is 6.61 Å². The number of nitrogens with zero attached hydrogens (tertiary/aromatic N) is 1. The maximum absolute atomic E-state index is 5.35. The molecule has 0 unspecified atom stereocenters. The van der Waals surface area contributed by atoms with E-state index in [2.05, 4.69) is 10.2 Å². The summed E-state index contributed by atoms with van der Waals surface area (Å²) in [4.78, 5) is 2.72. The molecule has 2 aliphatic heterocycles. The van der Waals surface area contributed by atoms with E-state index in [1.807, 2.05) is 7.11 Å². The van der Waals surface area contributed by atoms with E-state index >= 15 is 0 Å². The van der Waals surface area contributed by atoms with E-state index in [4.69, 9.17) is 4.74 Å². The first-order valence-electron chi connectivity index (χ1n) is 6.37. The van der Waals surface area contributed by atoms with E-state index < -0.39 is 0 Å². The Hall–Kier alpha value is -0.120. The number of methoxy groups -OCH3 is 1. The Balaban J connectivity index is 1.90. The predicted octanol–water partition coefficient (Wildman–Crippen LogP) is 1.24. The summed E-state index contributed by atoms with van der Waals surface area (Å²) in [5.74, 6) is 0. The van der Waals surface area contributed by atoms with Crippen molar-refractivity contribution in [3.8, 4) is 0 Å². The molecule has 0 spiro atoms. The van der Waals surface area contributed by atoms with Gasteiger partial charge in [0.25, 0.3) is 0 Å². The van der Waals surface area contributed by atoms with Crippen LogP contribution in [-0.4, -0.2) is 50.3 Å². The molecule has 2 heterocycles. The van der Waals surface area contributed by atoms with Crippen LogP contribution in [-0.2, 0) is 4.74 Å². The Morgan fingerprint density at radius 3 is 2.73 bits per heavy atom. The molecule has 0 aromatic rings. The number of hydrogen-bond donors (Lipinski definition) is 1. The van der Waals surface area contributed by atoms with Gasteiger partial charge in [-0.15, -0.1) is 0 Å². The lowest BCUT2D eigenvalue weighted by Gasteiger charge is -2.42. The zero-order valence-corrected chi connectivity index (χ0v) is 9.87. The number of rotatable bonds is 3. The third-order valence-electron chi connectivity index (χ3n) is 3.81. The first-order chi connectivity index (χ1) is 7.42. The van der Waals surface area contributed by atoms with E-state index in [1.165, 1.54) is 51.7 Å². The average molecular weight is 212 g/mol. The van der Waals surface area contributed by atoms with Crippen molar-refractivity contribution in [2.75, 3.05) is 33.4 Å². The van der Waals surface area contributed by atoms with Crippen LogP contribution in [0, 0.1) is 0 Å². The van der Waals surface area contributed by atoms with Crippen LogP contribution in [0.25, 0.3) is 0 Å². The fraction of sp³-hybridized carbons (Fsp3) is 1.00. The number of nitrogens with one attached hydrogen (secondary N) is 1. The Kier molecular flexibility index (Phi) is 4.42. The monoisotopic (exact) mass is 212 g/mol. The lowest BCUT2D eigenvalue weighted by atomic mass is 9.96. The lowest BCUT2D eigenvalue weighted by molar-refractivity contribution is 0.0259. The maximum atomic E-state index is 5.35. The van der Waals surface area contributed by atoms with Crippen molar-refractivity contribution in [2.45, 2.75) is 44.2 Å². The molecular weight excluding hydrogens is 188 g/mol. The van der Waals surface area contributed by atoms with Gasteiger partial charge in [-0.1, -0.05) is 6.42 Å². The van der Waals surface area contributed by atoms with Crippen molar-refractivity contribution >= 4 is 0 Å². The van der Waals surface area contributed by atoms with E-state index in [0.29, 0.717) is 6.04 Å². The standard InChI is InChI=1S/C12H24N2O/c1-15-10-12-4-2-3-9-14(12)11-5-7-13-8-6-11/h11-13H,2-10H2,1H3/t12-/m1/s1. The Morgan fingerprint density at radius 1 is 1.20 bits per heavy atom. The second kappa shape index (κ2) is 5.83. The summed E-state index contributed by atoms with van der Waals surface area (Å²) in [5, 5.41) is 3.44. The molecule has 0 saturated carbocycles. The summed E-state index contributed by atoms with van der Waals surface area (Å²) >= 11 is 0. The van der Waals surface area contributed by atoms with Gasteiger partial charge in [0, 0.05) is 19.2 Å². The van der Waals surface area contributed by atoms with Crippen molar-refractivity contribution in [3.63, 3.8) is 0 Å². The van der Waals surface area contributed by atoms with E-state index in [-0.39, 0.29) is 0 Å². The van der Waals surface area contributed by atoms with Gasteiger partial charge in [-0.05, 0) is 45.3 Å². The molecule has 0 bridgehead atoms. The molecule has 0 radical (unpaired) electrons. The molecule has 15 heavy (non-hydrogen) atoms. The van der Waals surface area contributed by atoms with Crippen molar-refractivity contribution in [2.24, 2.45) is 0 Å². The zero-order valence-electron chi connectivity index (χ0n) is 9.87. The number of piperidine rings is 2. The van der Waals surface area contributed by atoms with Gasteiger partial charge in [0.1, 0.15) is 0 Å². The van der Waals surface area contributed by atoms with E-state index in [1.54, 1.807) is 0 Å². The van der Waals surface area contributed by atoms with Crippen LogP contribution in [0.1, 0.15) is 32.1 Å². The molecule has 3 heteroatoms. The lowest BCUT2D eigenvalue weighted by Crippen LogP contribution is -2.51. The summed E-state index contributed by atoms with van der Waals surface area (Å²) in [7, 11) is 1.83. The third-order valence-corrected chi connectivity index (χ3v) is 3.81. The third kappa shape index (κ3) is 2.92.